The molecule has 2 amide bonds. The van der Waals surface area contributed by atoms with Crippen molar-refractivity contribution in [2.45, 2.75) is 77.7 Å². The predicted molar refractivity (Wildman–Crippen MR) is 144 cm³/mol. The maximum atomic E-state index is 13.4. The minimum absolute atomic E-state index is 0.0956. The van der Waals surface area contributed by atoms with Crippen LogP contribution in [-0.2, 0) is 18.8 Å². The molecule has 0 saturated carbocycles. The van der Waals surface area contributed by atoms with Gasteiger partial charge < -0.3 is 34.0 Å². The summed E-state index contributed by atoms with van der Waals surface area (Å²) in [6.07, 6.45) is 2.76. The van der Waals surface area contributed by atoms with Gasteiger partial charge in [-0.2, -0.15) is 0 Å². The number of hydrogen-bond acceptors (Lipinski definition) is 7. The smallest absolute Gasteiger partial charge is 0.494 e. The highest BCUT2D eigenvalue weighted by Crippen LogP contribution is 2.38. The number of hydrogen-bond donors (Lipinski definition) is 2. The Morgan fingerprint density at radius 3 is 2.47 bits per heavy atom. The van der Waals surface area contributed by atoms with Crippen molar-refractivity contribution in [2.75, 3.05) is 20.8 Å². The number of benzene rings is 1. The number of amides is 2. The first-order chi connectivity index (χ1) is 17.9. The van der Waals surface area contributed by atoms with Crippen LogP contribution in [0, 0.1) is 5.92 Å². The summed E-state index contributed by atoms with van der Waals surface area (Å²) in [5.74, 6) is 1.12. The molecular weight excluding hydrogens is 487 g/mol. The van der Waals surface area contributed by atoms with Gasteiger partial charge in [-0.3, -0.25) is 4.79 Å². The maximum absolute atomic E-state index is 13.4. The van der Waals surface area contributed by atoms with Crippen LogP contribution in [0.3, 0.4) is 0 Å². The molecule has 0 bridgehead atoms. The molecule has 1 aromatic heterocycles. The van der Waals surface area contributed by atoms with E-state index in [0.717, 1.165) is 29.6 Å². The van der Waals surface area contributed by atoms with Gasteiger partial charge in [-0.25, -0.2) is 9.78 Å². The minimum Gasteiger partial charge on any atom is -0.496 e. The number of imidazole rings is 1. The minimum atomic E-state index is -0.680. The fourth-order valence-electron chi connectivity index (χ4n) is 4.89. The zero-order valence-corrected chi connectivity index (χ0v) is 23.6. The van der Waals surface area contributed by atoms with Crippen LogP contribution < -0.4 is 15.5 Å². The largest absolute Gasteiger partial charge is 0.496 e. The third-order valence-electron chi connectivity index (χ3n) is 7.88. The van der Waals surface area contributed by atoms with Crippen molar-refractivity contribution < 1.29 is 28.4 Å². The number of carbonyl (C=O) groups excluding carboxylic acids is 2. The molecule has 3 heterocycles. The van der Waals surface area contributed by atoms with Crippen LogP contribution >= 0.6 is 0 Å². The molecule has 11 heteroatoms. The molecule has 0 aliphatic carbocycles. The van der Waals surface area contributed by atoms with E-state index in [1.54, 1.807) is 18.2 Å². The van der Waals surface area contributed by atoms with Gasteiger partial charge in [0.25, 0.3) is 0 Å². The SMILES string of the molecule is COC(=O)N[C@H](C(=O)N1CCCC1c1ncc(-c2ccc(B3OC(C)(C)C(C)(C)O3)cc2OC)[nH]1)C(C)C. The highest BCUT2D eigenvalue weighted by molar-refractivity contribution is 6.62. The Bertz CT molecular complexity index is 1160. The van der Waals surface area contributed by atoms with Gasteiger partial charge in [0.1, 0.15) is 17.6 Å². The molecule has 2 N–H and O–H groups in total. The molecule has 2 fully saturated rings. The summed E-state index contributed by atoms with van der Waals surface area (Å²) >= 11 is 0. The third kappa shape index (κ3) is 5.26. The van der Waals surface area contributed by atoms with Crippen LogP contribution in [0.2, 0.25) is 0 Å². The van der Waals surface area contributed by atoms with Crippen LogP contribution in [0.25, 0.3) is 11.3 Å². The first kappa shape index (κ1) is 28.0. The summed E-state index contributed by atoms with van der Waals surface area (Å²) in [6.45, 7) is 12.5. The highest BCUT2D eigenvalue weighted by atomic mass is 16.7. The van der Waals surface area contributed by atoms with E-state index in [0.29, 0.717) is 18.1 Å². The second-order valence-electron chi connectivity index (χ2n) is 11.3. The molecule has 4 rings (SSSR count). The molecule has 2 aromatic rings. The second-order valence-corrected chi connectivity index (χ2v) is 11.3. The van der Waals surface area contributed by atoms with Crippen molar-refractivity contribution in [1.82, 2.24) is 20.2 Å². The van der Waals surface area contributed by atoms with Gasteiger partial charge in [0.05, 0.1) is 43.4 Å². The average Bonchev–Trinajstić information content (AvgIpc) is 3.59. The van der Waals surface area contributed by atoms with Gasteiger partial charge in [0.2, 0.25) is 5.91 Å². The lowest BCUT2D eigenvalue weighted by atomic mass is 9.78. The molecule has 1 aromatic carbocycles. The summed E-state index contributed by atoms with van der Waals surface area (Å²) in [6, 6.07) is 4.96. The van der Waals surface area contributed by atoms with Crippen molar-refractivity contribution in [3.63, 3.8) is 0 Å². The zero-order chi connectivity index (χ0) is 27.8. The van der Waals surface area contributed by atoms with Crippen LogP contribution in [-0.4, -0.2) is 72.0 Å². The van der Waals surface area contributed by atoms with E-state index < -0.39 is 30.5 Å². The number of H-pyrrole nitrogens is 1. The number of nitrogens with one attached hydrogen (secondary N) is 2. The van der Waals surface area contributed by atoms with Crippen molar-refractivity contribution in [2.24, 2.45) is 5.92 Å². The summed E-state index contributed by atoms with van der Waals surface area (Å²) in [4.78, 5) is 35.1. The van der Waals surface area contributed by atoms with Crippen LogP contribution in [0.15, 0.2) is 24.4 Å². The lowest BCUT2D eigenvalue weighted by molar-refractivity contribution is -0.135. The Kier molecular flexibility index (Phi) is 7.81. The normalized spacial score (nSPS) is 21.0. The monoisotopic (exact) mass is 526 g/mol. The molecule has 2 saturated heterocycles. The van der Waals surface area contributed by atoms with E-state index in [1.165, 1.54) is 7.11 Å². The van der Waals surface area contributed by atoms with Crippen molar-refractivity contribution >= 4 is 24.6 Å². The Balaban J connectivity index is 1.56. The number of aromatic amines is 1. The van der Waals surface area contributed by atoms with Crippen LogP contribution in [0.4, 0.5) is 4.79 Å². The van der Waals surface area contributed by atoms with Gasteiger partial charge in [-0.05, 0) is 64.1 Å². The number of likely N-dealkylation sites (tertiary alicyclic amines) is 1. The number of rotatable bonds is 7. The molecule has 38 heavy (non-hydrogen) atoms. The lowest BCUT2D eigenvalue weighted by Crippen LogP contribution is -2.51. The summed E-state index contributed by atoms with van der Waals surface area (Å²) in [5.41, 5.74) is 1.62. The standard InChI is InChI=1S/C27H39BN4O6/c1-16(2)22(31-25(34)36-8)24(33)32-13-9-10-20(32)23-29-15-19(30-23)18-12-11-17(14-21(18)35-7)28-37-26(3,4)27(5,6)38-28/h11-12,14-16,20,22H,9-10,13H2,1-8H3,(H,29,30)(H,31,34)/t20?,22-/m0/s1. The summed E-state index contributed by atoms with van der Waals surface area (Å²) in [7, 11) is 2.42. The Morgan fingerprint density at radius 2 is 1.87 bits per heavy atom. The second kappa shape index (κ2) is 10.6. The van der Waals surface area contributed by atoms with E-state index in [-0.39, 0.29) is 17.9 Å². The maximum Gasteiger partial charge on any atom is 0.494 e. The first-order valence-electron chi connectivity index (χ1n) is 13.1. The number of nitrogens with zero attached hydrogens (tertiary/aromatic N) is 2. The average molecular weight is 526 g/mol. The van der Waals surface area contributed by atoms with Crippen molar-refractivity contribution in [3.8, 4) is 17.0 Å². The molecule has 2 aliphatic heterocycles. The lowest BCUT2D eigenvalue weighted by Gasteiger charge is -2.32. The number of carbonyl (C=O) groups is 2. The van der Waals surface area contributed by atoms with E-state index in [1.807, 2.05) is 59.7 Å². The molecule has 2 atom stereocenters. The van der Waals surface area contributed by atoms with Gasteiger partial charge in [0, 0.05) is 12.1 Å². The number of ether oxygens (including phenoxy) is 2. The molecule has 10 nitrogen and oxygen atoms in total. The Hall–Kier alpha value is -3.05. The van der Waals surface area contributed by atoms with Gasteiger partial charge in [-0.1, -0.05) is 19.9 Å². The first-order valence-corrected chi connectivity index (χ1v) is 13.1. The van der Waals surface area contributed by atoms with E-state index in [4.69, 9.17) is 18.8 Å². The Morgan fingerprint density at radius 1 is 1.18 bits per heavy atom. The fraction of sp³-hybridized carbons (Fsp3) is 0.593. The summed E-state index contributed by atoms with van der Waals surface area (Å²) < 4.78 is 22.8. The van der Waals surface area contributed by atoms with Crippen LogP contribution in [0.1, 0.15) is 66.3 Å². The van der Waals surface area contributed by atoms with Gasteiger partial charge in [-0.15, -0.1) is 0 Å². The molecule has 1 unspecified atom stereocenters. The highest BCUT2D eigenvalue weighted by Gasteiger charge is 2.51. The number of methoxy groups -OCH3 is 2. The molecule has 206 valence electrons. The van der Waals surface area contributed by atoms with E-state index in [2.05, 4.69) is 15.3 Å². The third-order valence-corrected chi connectivity index (χ3v) is 7.88. The van der Waals surface area contributed by atoms with Gasteiger partial charge >= 0.3 is 13.2 Å². The zero-order valence-electron chi connectivity index (χ0n) is 23.6. The number of aromatic nitrogens is 2. The molecule has 0 spiro atoms. The van der Waals surface area contributed by atoms with Crippen molar-refractivity contribution in [3.05, 3.63) is 30.2 Å². The molecule has 2 aliphatic rings. The van der Waals surface area contributed by atoms with Crippen LogP contribution in [0.5, 0.6) is 5.75 Å². The van der Waals surface area contributed by atoms with Crippen molar-refractivity contribution in [1.29, 1.82) is 0 Å². The van der Waals surface area contributed by atoms with E-state index >= 15 is 0 Å². The summed E-state index contributed by atoms with van der Waals surface area (Å²) in [5, 5.41) is 2.68. The number of alkyl carbamates (subject to hydrolysis) is 1. The molecular formula is C27H39BN4O6. The van der Waals surface area contributed by atoms with E-state index in [9.17, 15) is 9.59 Å². The quantitative estimate of drug-likeness (QED) is 0.532. The fourth-order valence-corrected chi connectivity index (χ4v) is 4.89. The van der Waals surface area contributed by atoms with Gasteiger partial charge in [0.15, 0.2) is 0 Å². The molecule has 0 radical (unpaired) electrons. The topological polar surface area (TPSA) is 115 Å². The predicted octanol–water partition coefficient (Wildman–Crippen LogP) is 3.43. The Labute approximate surface area is 224 Å².